The molecule has 0 aliphatic carbocycles. The molecule has 2 unspecified atom stereocenters. The maximum absolute atomic E-state index is 12.5. The van der Waals surface area contributed by atoms with Crippen LogP contribution in [0.5, 0.6) is 0 Å². The van der Waals surface area contributed by atoms with Crippen molar-refractivity contribution >= 4 is 11.7 Å². The van der Waals surface area contributed by atoms with E-state index in [2.05, 4.69) is 24.3 Å². The van der Waals surface area contributed by atoms with Crippen LogP contribution in [0.4, 0.5) is 5.82 Å². The average Bonchev–Trinajstić information content (AvgIpc) is 2.40. The molecular formula is C14H22N4O. The molecule has 2 heterocycles. The number of anilines is 1. The number of hydrogen-bond acceptors (Lipinski definition) is 4. The summed E-state index contributed by atoms with van der Waals surface area (Å²) in [6.45, 7) is 7.97. The SMILES string of the molecule is Cc1cc(C(=O)N2CCC(C)C(C)C2)cc(NN)n1. The molecule has 0 saturated carbocycles. The first-order valence-corrected chi connectivity index (χ1v) is 6.76. The summed E-state index contributed by atoms with van der Waals surface area (Å²) >= 11 is 0. The molecule has 0 radical (unpaired) electrons. The van der Waals surface area contributed by atoms with Gasteiger partial charge in [0.15, 0.2) is 0 Å². The van der Waals surface area contributed by atoms with E-state index in [0.29, 0.717) is 23.2 Å². The van der Waals surface area contributed by atoms with Crippen LogP contribution in [0, 0.1) is 18.8 Å². The van der Waals surface area contributed by atoms with E-state index in [0.717, 1.165) is 25.2 Å². The summed E-state index contributed by atoms with van der Waals surface area (Å²) in [5, 5.41) is 0. The van der Waals surface area contributed by atoms with Crippen molar-refractivity contribution in [2.24, 2.45) is 17.7 Å². The third-order valence-electron chi connectivity index (χ3n) is 3.97. The molecule has 1 aromatic heterocycles. The Bertz CT molecular complexity index is 475. The highest BCUT2D eigenvalue weighted by atomic mass is 16.2. The maximum Gasteiger partial charge on any atom is 0.254 e. The van der Waals surface area contributed by atoms with Crippen molar-refractivity contribution in [3.05, 3.63) is 23.4 Å². The van der Waals surface area contributed by atoms with Gasteiger partial charge in [0.1, 0.15) is 5.82 Å². The van der Waals surface area contributed by atoms with Crippen molar-refractivity contribution in [3.63, 3.8) is 0 Å². The van der Waals surface area contributed by atoms with Crippen molar-refractivity contribution in [1.29, 1.82) is 0 Å². The molecule has 3 N–H and O–H groups in total. The van der Waals surface area contributed by atoms with Gasteiger partial charge in [0.2, 0.25) is 0 Å². The van der Waals surface area contributed by atoms with Crippen LogP contribution in [0.3, 0.4) is 0 Å². The zero-order chi connectivity index (χ0) is 14.0. The molecule has 1 saturated heterocycles. The first kappa shape index (κ1) is 13.8. The second-order valence-corrected chi connectivity index (χ2v) is 5.52. The highest BCUT2D eigenvalue weighted by Gasteiger charge is 2.26. The predicted octanol–water partition coefficient (Wildman–Crippen LogP) is 1.79. The van der Waals surface area contributed by atoms with Gasteiger partial charge in [-0.05, 0) is 37.3 Å². The number of likely N-dealkylation sites (tertiary alicyclic amines) is 1. The first-order chi connectivity index (χ1) is 9.01. The van der Waals surface area contributed by atoms with Crippen LogP contribution in [-0.2, 0) is 0 Å². The second-order valence-electron chi connectivity index (χ2n) is 5.52. The number of piperidine rings is 1. The summed E-state index contributed by atoms with van der Waals surface area (Å²) in [5.74, 6) is 7.20. The van der Waals surface area contributed by atoms with Crippen molar-refractivity contribution in [2.75, 3.05) is 18.5 Å². The molecule has 0 aromatic carbocycles. The Morgan fingerprint density at radius 1 is 1.42 bits per heavy atom. The fraction of sp³-hybridized carbons (Fsp3) is 0.571. The molecular weight excluding hydrogens is 240 g/mol. The largest absolute Gasteiger partial charge is 0.338 e. The van der Waals surface area contributed by atoms with Crippen molar-refractivity contribution in [2.45, 2.75) is 27.2 Å². The minimum atomic E-state index is 0.0701. The van der Waals surface area contributed by atoms with Crippen LogP contribution in [0.15, 0.2) is 12.1 Å². The first-order valence-electron chi connectivity index (χ1n) is 6.76. The van der Waals surface area contributed by atoms with Crippen LogP contribution >= 0.6 is 0 Å². The lowest BCUT2D eigenvalue weighted by atomic mass is 9.88. The molecule has 1 fully saturated rings. The van der Waals surface area contributed by atoms with E-state index >= 15 is 0 Å². The third kappa shape index (κ3) is 3.04. The van der Waals surface area contributed by atoms with Crippen molar-refractivity contribution < 1.29 is 4.79 Å². The van der Waals surface area contributed by atoms with Gasteiger partial charge in [-0.3, -0.25) is 4.79 Å². The number of nitrogens with zero attached hydrogens (tertiary/aromatic N) is 2. The van der Waals surface area contributed by atoms with Crippen LogP contribution < -0.4 is 11.3 Å². The smallest absolute Gasteiger partial charge is 0.254 e. The monoisotopic (exact) mass is 262 g/mol. The topological polar surface area (TPSA) is 71.2 Å². The fourth-order valence-corrected chi connectivity index (χ4v) is 2.50. The minimum Gasteiger partial charge on any atom is -0.338 e. The zero-order valence-electron chi connectivity index (χ0n) is 11.8. The molecule has 5 heteroatoms. The Morgan fingerprint density at radius 2 is 2.16 bits per heavy atom. The van der Waals surface area contributed by atoms with Crippen LogP contribution in [0.25, 0.3) is 0 Å². The number of amides is 1. The van der Waals surface area contributed by atoms with Gasteiger partial charge in [-0.1, -0.05) is 13.8 Å². The average molecular weight is 262 g/mol. The number of nitrogens with one attached hydrogen (secondary N) is 1. The molecule has 1 aliphatic rings. The van der Waals surface area contributed by atoms with Gasteiger partial charge in [0, 0.05) is 24.3 Å². The number of carbonyl (C=O) groups excluding carboxylic acids is 1. The number of nitrogens with two attached hydrogens (primary N) is 1. The summed E-state index contributed by atoms with van der Waals surface area (Å²) in [5.41, 5.74) is 3.94. The number of pyridine rings is 1. The molecule has 19 heavy (non-hydrogen) atoms. The molecule has 5 nitrogen and oxygen atoms in total. The summed E-state index contributed by atoms with van der Waals surface area (Å²) in [6.07, 6.45) is 1.07. The summed E-state index contributed by atoms with van der Waals surface area (Å²) < 4.78 is 0. The number of carbonyl (C=O) groups is 1. The van der Waals surface area contributed by atoms with Crippen molar-refractivity contribution in [1.82, 2.24) is 9.88 Å². The highest BCUT2D eigenvalue weighted by molar-refractivity contribution is 5.95. The van der Waals surface area contributed by atoms with Gasteiger partial charge >= 0.3 is 0 Å². The quantitative estimate of drug-likeness (QED) is 0.629. The van der Waals surface area contributed by atoms with Crippen molar-refractivity contribution in [3.8, 4) is 0 Å². The number of aromatic nitrogens is 1. The lowest BCUT2D eigenvalue weighted by Crippen LogP contribution is -2.42. The Hall–Kier alpha value is -1.62. The van der Waals surface area contributed by atoms with Gasteiger partial charge in [-0.25, -0.2) is 10.8 Å². The Labute approximate surface area is 114 Å². The third-order valence-corrected chi connectivity index (χ3v) is 3.97. The Morgan fingerprint density at radius 3 is 2.79 bits per heavy atom. The summed E-state index contributed by atoms with van der Waals surface area (Å²) in [6, 6.07) is 3.52. The lowest BCUT2D eigenvalue weighted by molar-refractivity contribution is 0.0627. The summed E-state index contributed by atoms with van der Waals surface area (Å²) in [4.78, 5) is 18.6. The lowest BCUT2D eigenvalue weighted by Gasteiger charge is -2.35. The van der Waals surface area contributed by atoms with Gasteiger partial charge < -0.3 is 10.3 Å². The molecule has 1 aliphatic heterocycles. The van der Waals surface area contributed by atoms with E-state index in [1.807, 2.05) is 17.9 Å². The molecule has 1 amide bonds. The normalized spacial score (nSPS) is 23.3. The van der Waals surface area contributed by atoms with Crippen LogP contribution in [-0.4, -0.2) is 28.9 Å². The number of aryl methyl sites for hydroxylation is 1. The van der Waals surface area contributed by atoms with Crippen LogP contribution in [0.1, 0.15) is 36.3 Å². The van der Waals surface area contributed by atoms with E-state index < -0.39 is 0 Å². The molecule has 0 bridgehead atoms. The zero-order valence-corrected chi connectivity index (χ0v) is 11.8. The summed E-state index contributed by atoms with van der Waals surface area (Å²) in [7, 11) is 0. The highest BCUT2D eigenvalue weighted by Crippen LogP contribution is 2.24. The fourth-order valence-electron chi connectivity index (χ4n) is 2.50. The predicted molar refractivity (Wildman–Crippen MR) is 75.6 cm³/mol. The number of hydrazine groups is 1. The molecule has 104 valence electrons. The Kier molecular flexibility index (Phi) is 4.04. The maximum atomic E-state index is 12.5. The van der Waals surface area contributed by atoms with E-state index in [-0.39, 0.29) is 5.91 Å². The van der Waals surface area contributed by atoms with Gasteiger partial charge in [-0.2, -0.15) is 0 Å². The standard InChI is InChI=1S/C14H22N4O/c1-9-4-5-18(8-10(9)2)14(19)12-6-11(3)16-13(7-12)17-15/h6-7,9-10H,4-5,8,15H2,1-3H3,(H,16,17). The van der Waals surface area contributed by atoms with Gasteiger partial charge in [0.05, 0.1) is 0 Å². The molecule has 1 aromatic rings. The number of rotatable bonds is 2. The van der Waals surface area contributed by atoms with Gasteiger partial charge in [0.25, 0.3) is 5.91 Å². The minimum absolute atomic E-state index is 0.0701. The number of nitrogen functional groups attached to an aromatic ring is 1. The Balaban J connectivity index is 2.17. The van der Waals surface area contributed by atoms with E-state index in [1.165, 1.54) is 0 Å². The van der Waals surface area contributed by atoms with Gasteiger partial charge in [-0.15, -0.1) is 0 Å². The molecule has 2 rings (SSSR count). The van der Waals surface area contributed by atoms with E-state index in [9.17, 15) is 4.79 Å². The van der Waals surface area contributed by atoms with E-state index in [1.54, 1.807) is 6.07 Å². The van der Waals surface area contributed by atoms with E-state index in [4.69, 9.17) is 5.84 Å². The van der Waals surface area contributed by atoms with Crippen LogP contribution in [0.2, 0.25) is 0 Å². The second kappa shape index (κ2) is 5.57. The number of hydrogen-bond donors (Lipinski definition) is 2. The molecule has 0 spiro atoms. The molecule has 2 atom stereocenters.